The van der Waals surface area contributed by atoms with E-state index in [2.05, 4.69) is 16.8 Å². The highest BCUT2D eigenvalue weighted by atomic mass is 35.5. The molecule has 96 valence electrons. The van der Waals surface area contributed by atoms with Crippen LogP contribution in [0.15, 0.2) is 0 Å². The minimum absolute atomic E-state index is 0.0111. The molecule has 1 fully saturated rings. The van der Waals surface area contributed by atoms with E-state index < -0.39 is 0 Å². The number of rotatable bonds is 4. The molecule has 0 bridgehead atoms. The first kappa shape index (κ1) is 13.1. The Balaban J connectivity index is 2.17. The zero-order chi connectivity index (χ0) is 12.3. The van der Waals surface area contributed by atoms with Crippen LogP contribution < -0.4 is 4.90 Å². The van der Waals surface area contributed by atoms with Gasteiger partial charge in [-0.3, -0.25) is 0 Å². The van der Waals surface area contributed by atoms with E-state index in [1.54, 1.807) is 0 Å². The van der Waals surface area contributed by atoms with Gasteiger partial charge in [-0.05, 0) is 25.7 Å². The molecule has 2 rings (SSSR count). The van der Waals surface area contributed by atoms with E-state index in [-0.39, 0.29) is 6.61 Å². The molecule has 1 aromatic heterocycles. The van der Waals surface area contributed by atoms with Crippen molar-refractivity contribution in [2.24, 2.45) is 0 Å². The molecular formula is C12H19ClN2OS. The summed E-state index contributed by atoms with van der Waals surface area (Å²) in [6, 6.07) is 0.600. The van der Waals surface area contributed by atoms with Crippen LogP contribution in [0.5, 0.6) is 0 Å². The van der Waals surface area contributed by atoms with E-state index in [4.69, 9.17) is 16.7 Å². The van der Waals surface area contributed by atoms with Gasteiger partial charge < -0.3 is 10.0 Å². The minimum Gasteiger partial charge on any atom is -0.391 e. The smallest absolute Gasteiger partial charge is 0.187 e. The second-order valence-corrected chi connectivity index (χ2v) is 5.92. The Morgan fingerprint density at radius 1 is 1.53 bits per heavy atom. The molecule has 5 heteroatoms. The number of anilines is 1. The fraction of sp³-hybridized carbons (Fsp3) is 0.750. The number of piperidine rings is 1. The molecule has 1 aliphatic rings. The van der Waals surface area contributed by atoms with E-state index in [1.165, 1.54) is 43.4 Å². The van der Waals surface area contributed by atoms with Gasteiger partial charge in [-0.25, -0.2) is 4.98 Å². The van der Waals surface area contributed by atoms with E-state index in [9.17, 15) is 0 Å². The van der Waals surface area contributed by atoms with Crippen molar-refractivity contribution < 1.29 is 5.11 Å². The fourth-order valence-corrected chi connectivity index (χ4v) is 3.64. The van der Waals surface area contributed by atoms with Crippen molar-refractivity contribution in [3.63, 3.8) is 0 Å². The first-order valence-corrected chi connectivity index (χ1v) is 7.48. The standard InChI is InChI=1S/C12H19ClN2OS/c1-2-5-9-6-3-4-7-15(9)12-14-11(13)10(8-16)17-12/h9,16H,2-8H2,1H3. The van der Waals surface area contributed by atoms with Crippen molar-refractivity contribution >= 4 is 28.1 Å². The van der Waals surface area contributed by atoms with Gasteiger partial charge in [0.1, 0.15) is 5.15 Å². The van der Waals surface area contributed by atoms with Crippen molar-refractivity contribution in [2.45, 2.75) is 51.7 Å². The van der Waals surface area contributed by atoms with Gasteiger partial charge in [0.15, 0.2) is 5.13 Å². The second kappa shape index (κ2) is 6.03. The predicted molar refractivity (Wildman–Crippen MR) is 72.9 cm³/mol. The number of aliphatic hydroxyl groups excluding tert-OH is 1. The first-order valence-electron chi connectivity index (χ1n) is 6.29. The van der Waals surface area contributed by atoms with Gasteiger partial charge in [0.05, 0.1) is 11.5 Å². The zero-order valence-electron chi connectivity index (χ0n) is 10.2. The molecule has 0 saturated carbocycles. The lowest BCUT2D eigenvalue weighted by molar-refractivity contribution is 0.285. The van der Waals surface area contributed by atoms with Crippen LogP contribution in [-0.4, -0.2) is 22.7 Å². The van der Waals surface area contributed by atoms with Crippen LogP contribution >= 0.6 is 22.9 Å². The third kappa shape index (κ3) is 2.92. The van der Waals surface area contributed by atoms with Crippen LogP contribution in [0.1, 0.15) is 43.9 Å². The molecule has 2 heterocycles. The SMILES string of the molecule is CCCC1CCCCN1c1nc(Cl)c(CO)s1. The molecule has 0 amide bonds. The third-order valence-corrected chi connectivity index (χ3v) is 4.78. The Kier molecular flexibility index (Phi) is 4.65. The molecule has 1 unspecified atom stereocenters. The molecule has 0 radical (unpaired) electrons. The van der Waals surface area contributed by atoms with E-state index in [0.717, 1.165) is 16.6 Å². The van der Waals surface area contributed by atoms with Gasteiger partial charge in [-0.2, -0.15) is 0 Å². The van der Waals surface area contributed by atoms with Crippen LogP contribution in [0.25, 0.3) is 0 Å². The summed E-state index contributed by atoms with van der Waals surface area (Å²) < 4.78 is 0. The molecule has 0 aromatic carbocycles. The van der Waals surface area contributed by atoms with Gasteiger partial charge in [0, 0.05) is 12.6 Å². The largest absolute Gasteiger partial charge is 0.391 e. The lowest BCUT2D eigenvalue weighted by Gasteiger charge is -2.35. The van der Waals surface area contributed by atoms with Crippen molar-refractivity contribution in [1.82, 2.24) is 4.98 Å². The molecule has 0 aliphatic carbocycles. The second-order valence-electron chi connectivity index (χ2n) is 4.50. The maximum atomic E-state index is 9.17. The van der Waals surface area contributed by atoms with Gasteiger partial charge in [0.2, 0.25) is 0 Å². The summed E-state index contributed by atoms with van der Waals surface area (Å²) in [4.78, 5) is 7.55. The highest BCUT2D eigenvalue weighted by molar-refractivity contribution is 7.16. The summed E-state index contributed by atoms with van der Waals surface area (Å²) in [5.41, 5.74) is 0. The Morgan fingerprint density at radius 3 is 3.00 bits per heavy atom. The minimum atomic E-state index is -0.0111. The summed E-state index contributed by atoms with van der Waals surface area (Å²) in [6.07, 6.45) is 6.21. The number of thiazole rings is 1. The number of aromatic nitrogens is 1. The van der Waals surface area contributed by atoms with Crippen LogP contribution in [0.4, 0.5) is 5.13 Å². The molecule has 17 heavy (non-hydrogen) atoms. The monoisotopic (exact) mass is 274 g/mol. The van der Waals surface area contributed by atoms with Crippen molar-refractivity contribution in [3.8, 4) is 0 Å². The Morgan fingerprint density at radius 2 is 2.35 bits per heavy atom. The Bertz CT molecular complexity index is 367. The van der Waals surface area contributed by atoms with Crippen molar-refractivity contribution in [2.75, 3.05) is 11.4 Å². The number of hydrogen-bond donors (Lipinski definition) is 1. The molecule has 3 nitrogen and oxygen atoms in total. The normalized spacial score (nSPS) is 20.9. The topological polar surface area (TPSA) is 36.4 Å². The predicted octanol–water partition coefficient (Wildman–Crippen LogP) is 3.45. The Hall–Kier alpha value is -0.320. The quantitative estimate of drug-likeness (QED) is 0.914. The fourth-order valence-electron chi connectivity index (χ4n) is 2.43. The van der Waals surface area contributed by atoms with Gasteiger partial charge in [-0.1, -0.05) is 36.3 Å². The number of nitrogens with zero attached hydrogens (tertiary/aromatic N) is 2. The maximum Gasteiger partial charge on any atom is 0.187 e. The van der Waals surface area contributed by atoms with Gasteiger partial charge in [0.25, 0.3) is 0 Å². The van der Waals surface area contributed by atoms with Crippen LogP contribution in [-0.2, 0) is 6.61 Å². The van der Waals surface area contributed by atoms with Crippen molar-refractivity contribution in [3.05, 3.63) is 10.0 Å². The summed E-state index contributed by atoms with van der Waals surface area (Å²) in [7, 11) is 0. The number of hydrogen-bond acceptors (Lipinski definition) is 4. The van der Waals surface area contributed by atoms with E-state index in [1.807, 2.05) is 0 Å². The molecule has 1 N–H and O–H groups in total. The zero-order valence-corrected chi connectivity index (χ0v) is 11.7. The van der Waals surface area contributed by atoms with Gasteiger partial charge >= 0.3 is 0 Å². The van der Waals surface area contributed by atoms with E-state index >= 15 is 0 Å². The Labute approximate surface area is 111 Å². The van der Waals surface area contributed by atoms with Crippen LogP contribution in [0, 0.1) is 0 Å². The molecule has 1 atom stereocenters. The molecular weight excluding hydrogens is 256 g/mol. The summed E-state index contributed by atoms with van der Waals surface area (Å²) in [5, 5.41) is 10.6. The summed E-state index contributed by atoms with van der Waals surface area (Å²) >= 11 is 7.53. The lowest BCUT2D eigenvalue weighted by Crippen LogP contribution is -2.39. The lowest BCUT2D eigenvalue weighted by atomic mass is 9.99. The highest BCUT2D eigenvalue weighted by Crippen LogP contribution is 2.34. The van der Waals surface area contributed by atoms with E-state index in [0.29, 0.717) is 11.2 Å². The summed E-state index contributed by atoms with van der Waals surface area (Å²) in [5.74, 6) is 0. The molecule has 1 aromatic rings. The van der Waals surface area contributed by atoms with Crippen LogP contribution in [0.3, 0.4) is 0 Å². The maximum absolute atomic E-state index is 9.17. The molecule has 1 saturated heterocycles. The number of halogens is 1. The average molecular weight is 275 g/mol. The highest BCUT2D eigenvalue weighted by Gasteiger charge is 2.25. The number of aliphatic hydroxyl groups is 1. The van der Waals surface area contributed by atoms with Gasteiger partial charge in [-0.15, -0.1) is 0 Å². The molecule has 0 spiro atoms. The van der Waals surface area contributed by atoms with Crippen molar-refractivity contribution in [1.29, 1.82) is 0 Å². The van der Waals surface area contributed by atoms with Crippen LogP contribution in [0.2, 0.25) is 5.15 Å². The molecule has 1 aliphatic heterocycles. The first-order chi connectivity index (χ1) is 8.26. The third-order valence-electron chi connectivity index (χ3n) is 3.28. The average Bonchev–Trinajstić information content (AvgIpc) is 2.71. The summed E-state index contributed by atoms with van der Waals surface area (Å²) in [6.45, 7) is 3.28.